The Kier molecular flexibility index (Phi) is 0.750. The number of hydrogen-bond acceptors (Lipinski definition) is 2. The summed E-state index contributed by atoms with van der Waals surface area (Å²) < 4.78 is 0. The quantitative estimate of drug-likeness (QED) is 0.514. The lowest BCUT2D eigenvalue weighted by Gasteiger charge is -2.04. The van der Waals surface area contributed by atoms with Crippen LogP contribution < -0.4 is 5.32 Å². The first kappa shape index (κ1) is 5.23. The number of carbonyl (C=O) groups is 1. The number of carboxylic acids is 1. The molecule has 1 aliphatic carbocycles. The third-order valence-electron chi connectivity index (χ3n) is 2.42. The number of aliphatic carboxylic acids is 1. The van der Waals surface area contributed by atoms with Gasteiger partial charge in [0.1, 0.15) is 5.54 Å². The second kappa shape index (κ2) is 1.29. The van der Waals surface area contributed by atoms with Gasteiger partial charge in [-0.1, -0.05) is 0 Å². The van der Waals surface area contributed by atoms with E-state index in [2.05, 4.69) is 5.32 Å². The van der Waals surface area contributed by atoms with E-state index in [0.717, 1.165) is 19.4 Å². The molecule has 0 aromatic carbocycles. The fraction of sp³-hybridized carbons (Fsp3) is 0.833. The Bertz CT molecular complexity index is 168. The molecule has 0 amide bonds. The Balaban J connectivity index is 2.19. The van der Waals surface area contributed by atoms with Gasteiger partial charge < -0.3 is 10.4 Å². The van der Waals surface area contributed by atoms with E-state index in [9.17, 15) is 4.79 Å². The number of rotatable bonds is 1. The zero-order chi connectivity index (χ0) is 6.48. The van der Waals surface area contributed by atoms with Gasteiger partial charge in [0.05, 0.1) is 0 Å². The van der Waals surface area contributed by atoms with Gasteiger partial charge in [-0.2, -0.15) is 0 Å². The van der Waals surface area contributed by atoms with Crippen LogP contribution in [0.2, 0.25) is 0 Å². The maximum atomic E-state index is 10.5. The lowest BCUT2D eigenvalue weighted by molar-refractivity contribution is -0.140. The predicted molar refractivity (Wildman–Crippen MR) is 31.1 cm³/mol. The normalized spacial score (nSPS) is 46.4. The molecule has 2 atom stereocenters. The van der Waals surface area contributed by atoms with Crippen molar-refractivity contribution >= 4 is 5.97 Å². The fourth-order valence-corrected chi connectivity index (χ4v) is 1.70. The lowest BCUT2D eigenvalue weighted by Crippen LogP contribution is -2.36. The average Bonchev–Trinajstić information content (AvgIpc) is 2.38. The van der Waals surface area contributed by atoms with Crippen molar-refractivity contribution in [1.82, 2.24) is 5.32 Å². The van der Waals surface area contributed by atoms with Crippen molar-refractivity contribution < 1.29 is 9.90 Å². The van der Waals surface area contributed by atoms with Crippen molar-refractivity contribution in [3.8, 4) is 0 Å². The number of nitrogens with one attached hydrogen (secondary N) is 1. The summed E-state index contributed by atoms with van der Waals surface area (Å²) in [6.07, 6.45) is 1.90. The molecule has 2 aliphatic rings. The molecule has 0 aromatic rings. The Hall–Kier alpha value is -0.570. The molecule has 0 bridgehead atoms. The van der Waals surface area contributed by atoms with Crippen LogP contribution in [0, 0.1) is 5.92 Å². The molecular weight excluding hydrogens is 118 g/mol. The molecule has 50 valence electrons. The molecule has 1 saturated heterocycles. The van der Waals surface area contributed by atoms with Crippen molar-refractivity contribution in [3.63, 3.8) is 0 Å². The third-order valence-corrected chi connectivity index (χ3v) is 2.42. The van der Waals surface area contributed by atoms with Gasteiger partial charge in [-0.15, -0.1) is 0 Å². The van der Waals surface area contributed by atoms with Crippen molar-refractivity contribution in [1.29, 1.82) is 0 Å². The number of piperidine rings is 1. The molecule has 0 radical (unpaired) electrons. The topological polar surface area (TPSA) is 49.3 Å². The molecule has 1 heterocycles. The molecule has 9 heavy (non-hydrogen) atoms. The minimum atomic E-state index is -0.662. The van der Waals surface area contributed by atoms with Gasteiger partial charge >= 0.3 is 5.97 Å². The van der Waals surface area contributed by atoms with E-state index in [1.165, 1.54) is 0 Å². The molecule has 2 rings (SSSR count). The fourth-order valence-electron chi connectivity index (χ4n) is 1.70. The van der Waals surface area contributed by atoms with E-state index in [1.54, 1.807) is 0 Å². The second-order valence-corrected chi connectivity index (χ2v) is 2.89. The summed E-state index contributed by atoms with van der Waals surface area (Å²) in [7, 11) is 0. The molecule has 3 heteroatoms. The summed E-state index contributed by atoms with van der Waals surface area (Å²) in [5, 5.41) is 11.7. The third kappa shape index (κ3) is 0.477. The van der Waals surface area contributed by atoms with Crippen LogP contribution in [0.4, 0.5) is 0 Å². The molecule has 2 fully saturated rings. The van der Waals surface area contributed by atoms with E-state index < -0.39 is 11.5 Å². The molecule has 0 aromatic heterocycles. The van der Waals surface area contributed by atoms with Crippen LogP contribution >= 0.6 is 0 Å². The molecule has 1 saturated carbocycles. The van der Waals surface area contributed by atoms with Crippen molar-refractivity contribution in [2.45, 2.75) is 18.4 Å². The zero-order valence-electron chi connectivity index (χ0n) is 5.05. The van der Waals surface area contributed by atoms with Crippen LogP contribution in [0.25, 0.3) is 0 Å². The highest BCUT2D eigenvalue weighted by Gasteiger charge is 2.62. The first-order valence-corrected chi connectivity index (χ1v) is 3.24. The number of fused-ring (bicyclic) bond motifs is 1. The first-order valence-electron chi connectivity index (χ1n) is 3.24. The van der Waals surface area contributed by atoms with Gasteiger partial charge in [-0.05, 0) is 25.3 Å². The Morgan fingerprint density at radius 3 is 2.78 bits per heavy atom. The summed E-state index contributed by atoms with van der Waals surface area (Å²) in [5.74, 6) is -0.222. The van der Waals surface area contributed by atoms with Crippen molar-refractivity contribution in [2.75, 3.05) is 6.54 Å². The summed E-state index contributed by atoms with van der Waals surface area (Å²) in [6.45, 7) is 0.886. The summed E-state index contributed by atoms with van der Waals surface area (Å²) >= 11 is 0. The Morgan fingerprint density at radius 2 is 2.56 bits per heavy atom. The van der Waals surface area contributed by atoms with Gasteiger partial charge in [0.2, 0.25) is 0 Å². The van der Waals surface area contributed by atoms with E-state index >= 15 is 0 Å². The Morgan fingerprint density at radius 1 is 1.78 bits per heavy atom. The van der Waals surface area contributed by atoms with E-state index in [-0.39, 0.29) is 0 Å². The maximum Gasteiger partial charge on any atom is 0.324 e. The molecule has 2 N–H and O–H groups in total. The van der Waals surface area contributed by atoms with E-state index in [1.807, 2.05) is 0 Å². The monoisotopic (exact) mass is 127 g/mol. The van der Waals surface area contributed by atoms with E-state index in [4.69, 9.17) is 5.11 Å². The molecule has 1 aliphatic heterocycles. The van der Waals surface area contributed by atoms with Gasteiger partial charge in [0.25, 0.3) is 0 Å². The standard InChI is InChI=1S/C6H9NO2/c8-5(9)6-3-4(6)1-2-7-6/h4,7H,1-3H2,(H,8,9)/t4?,6-/m1/s1. The smallest absolute Gasteiger partial charge is 0.324 e. The Labute approximate surface area is 53.1 Å². The van der Waals surface area contributed by atoms with E-state index in [0.29, 0.717) is 5.92 Å². The summed E-state index contributed by atoms with van der Waals surface area (Å²) in [6, 6.07) is 0. The SMILES string of the molecule is O=C(O)[C@@]12CC1CCN2. The number of carboxylic acid groups (broad SMARTS) is 1. The number of hydrogen-bond donors (Lipinski definition) is 2. The van der Waals surface area contributed by atoms with Crippen LogP contribution in [0.5, 0.6) is 0 Å². The minimum absolute atomic E-state index is 0.440. The minimum Gasteiger partial charge on any atom is -0.480 e. The lowest BCUT2D eigenvalue weighted by atomic mass is 10.2. The van der Waals surface area contributed by atoms with Crippen LogP contribution in [0.1, 0.15) is 12.8 Å². The van der Waals surface area contributed by atoms with Crippen LogP contribution in [0.3, 0.4) is 0 Å². The average molecular weight is 127 g/mol. The highest BCUT2D eigenvalue weighted by atomic mass is 16.4. The van der Waals surface area contributed by atoms with Gasteiger partial charge in [-0.3, -0.25) is 4.79 Å². The zero-order valence-corrected chi connectivity index (χ0v) is 5.05. The van der Waals surface area contributed by atoms with Gasteiger partial charge in [0, 0.05) is 0 Å². The molecule has 0 spiro atoms. The maximum absolute atomic E-state index is 10.5. The first-order chi connectivity index (χ1) is 4.26. The van der Waals surface area contributed by atoms with Crippen molar-refractivity contribution in [3.05, 3.63) is 0 Å². The van der Waals surface area contributed by atoms with Crippen molar-refractivity contribution in [2.24, 2.45) is 5.92 Å². The molecule has 1 unspecified atom stereocenters. The largest absolute Gasteiger partial charge is 0.480 e. The van der Waals surface area contributed by atoms with Gasteiger partial charge in [0.15, 0.2) is 0 Å². The highest BCUT2D eigenvalue weighted by Crippen LogP contribution is 2.49. The predicted octanol–water partition coefficient (Wildman–Crippen LogP) is -0.177. The van der Waals surface area contributed by atoms with Crippen LogP contribution in [-0.2, 0) is 4.79 Å². The van der Waals surface area contributed by atoms with Gasteiger partial charge in [-0.25, -0.2) is 0 Å². The summed E-state index contributed by atoms with van der Waals surface area (Å²) in [5.41, 5.74) is -0.472. The van der Waals surface area contributed by atoms with Crippen LogP contribution in [0.15, 0.2) is 0 Å². The summed E-state index contributed by atoms with van der Waals surface area (Å²) in [4.78, 5) is 10.5. The highest BCUT2D eigenvalue weighted by molar-refractivity contribution is 5.83. The van der Waals surface area contributed by atoms with Crippen LogP contribution in [-0.4, -0.2) is 23.2 Å². The molecule has 3 nitrogen and oxygen atoms in total. The molecular formula is C6H9NO2. The second-order valence-electron chi connectivity index (χ2n) is 2.89.